The van der Waals surface area contributed by atoms with E-state index in [0.717, 1.165) is 15.8 Å². The average Bonchev–Trinajstić information content (AvgIpc) is 2.69. The van der Waals surface area contributed by atoms with Gasteiger partial charge in [0.15, 0.2) is 5.13 Å². The van der Waals surface area contributed by atoms with Gasteiger partial charge in [0.2, 0.25) is 0 Å². The fraction of sp³-hybridized carbons (Fsp3) is 0.385. The molecule has 0 fully saturated rings. The summed E-state index contributed by atoms with van der Waals surface area (Å²) in [6, 6.07) is 5.95. The lowest BCUT2D eigenvalue weighted by atomic mass is 10.1. The molecule has 102 valence electrons. The number of nitrogens with one attached hydrogen (secondary N) is 1. The van der Waals surface area contributed by atoms with Crippen LogP contribution in [0.5, 0.6) is 0 Å². The van der Waals surface area contributed by atoms with Crippen LogP contribution in [0.1, 0.15) is 19.4 Å². The highest BCUT2D eigenvalue weighted by Crippen LogP contribution is 2.26. The van der Waals surface area contributed by atoms with Crippen LogP contribution in [0.2, 0.25) is 0 Å². The van der Waals surface area contributed by atoms with E-state index < -0.39 is 11.7 Å². The minimum absolute atomic E-state index is 0.263. The maximum Gasteiger partial charge on any atom is 0.414 e. The van der Waals surface area contributed by atoms with Crippen molar-refractivity contribution < 1.29 is 9.53 Å². The standard InChI is InChI=1S/C13H17N3O2S/c1-8-4-5-9-10(6-8)19-11(15-9)16-12(17)18-13(2,3)7-14/h4-6H,7,14H2,1-3H3,(H,15,16,17). The van der Waals surface area contributed by atoms with E-state index in [1.807, 2.05) is 25.1 Å². The van der Waals surface area contributed by atoms with Crippen molar-refractivity contribution in [1.29, 1.82) is 0 Å². The topological polar surface area (TPSA) is 77.2 Å². The van der Waals surface area contributed by atoms with Crippen LogP contribution in [0, 0.1) is 6.92 Å². The van der Waals surface area contributed by atoms with Crippen LogP contribution in [-0.2, 0) is 4.74 Å². The molecule has 3 N–H and O–H groups in total. The molecule has 1 aromatic heterocycles. The Labute approximate surface area is 115 Å². The maximum atomic E-state index is 11.7. The Bertz CT molecular complexity index is 607. The van der Waals surface area contributed by atoms with E-state index in [-0.39, 0.29) is 6.54 Å². The van der Waals surface area contributed by atoms with Gasteiger partial charge in [0.25, 0.3) is 0 Å². The van der Waals surface area contributed by atoms with E-state index in [1.165, 1.54) is 11.3 Å². The first-order chi connectivity index (χ1) is 8.89. The third-order valence-corrected chi connectivity index (χ3v) is 3.55. The average molecular weight is 279 g/mol. The van der Waals surface area contributed by atoms with E-state index in [4.69, 9.17) is 10.5 Å². The predicted molar refractivity (Wildman–Crippen MR) is 77.6 cm³/mol. The zero-order valence-electron chi connectivity index (χ0n) is 11.2. The highest BCUT2D eigenvalue weighted by molar-refractivity contribution is 7.22. The number of nitrogens with zero attached hydrogens (tertiary/aromatic N) is 1. The molecule has 0 saturated heterocycles. The third-order valence-electron chi connectivity index (χ3n) is 2.61. The maximum absolute atomic E-state index is 11.7. The highest BCUT2D eigenvalue weighted by Gasteiger charge is 2.21. The molecule has 1 aromatic carbocycles. The van der Waals surface area contributed by atoms with Crippen LogP contribution in [-0.4, -0.2) is 23.2 Å². The highest BCUT2D eigenvalue weighted by atomic mass is 32.1. The summed E-state index contributed by atoms with van der Waals surface area (Å²) in [6.45, 7) is 5.80. The van der Waals surface area contributed by atoms with Crippen molar-refractivity contribution in [1.82, 2.24) is 4.98 Å². The van der Waals surface area contributed by atoms with E-state index in [0.29, 0.717) is 5.13 Å². The van der Waals surface area contributed by atoms with E-state index in [2.05, 4.69) is 10.3 Å². The van der Waals surface area contributed by atoms with Crippen molar-refractivity contribution in [3.63, 3.8) is 0 Å². The van der Waals surface area contributed by atoms with Crippen LogP contribution < -0.4 is 11.1 Å². The van der Waals surface area contributed by atoms with Crippen LogP contribution in [0.25, 0.3) is 10.2 Å². The van der Waals surface area contributed by atoms with Gasteiger partial charge >= 0.3 is 6.09 Å². The molecule has 1 heterocycles. The number of fused-ring (bicyclic) bond motifs is 1. The largest absolute Gasteiger partial charge is 0.442 e. The Kier molecular flexibility index (Phi) is 3.73. The minimum atomic E-state index is -0.683. The molecule has 19 heavy (non-hydrogen) atoms. The van der Waals surface area contributed by atoms with E-state index in [1.54, 1.807) is 13.8 Å². The monoisotopic (exact) mass is 279 g/mol. The molecule has 1 amide bonds. The molecule has 0 aliphatic rings. The van der Waals surface area contributed by atoms with Crippen LogP contribution in [0.3, 0.4) is 0 Å². The summed E-state index contributed by atoms with van der Waals surface area (Å²) in [6.07, 6.45) is -0.536. The first-order valence-electron chi connectivity index (χ1n) is 5.97. The Morgan fingerprint density at radius 1 is 1.53 bits per heavy atom. The fourth-order valence-electron chi connectivity index (χ4n) is 1.49. The number of rotatable bonds is 3. The molecule has 0 atom stereocenters. The number of carbonyl (C=O) groups excluding carboxylic acids is 1. The number of carbonyl (C=O) groups is 1. The van der Waals surface area contributed by atoms with Crippen LogP contribution in [0.4, 0.5) is 9.93 Å². The van der Waals surface area contributed by atoms with Gasteiger partial charge in [-0.3, -0.25) is 5.32 Å². The van der Waals surface area contributed by atoms with Gasteiger partial charge in [0.05, 0.1) is 10.2 Å². The summed E-state index contributed by atoms with van der Waals surface area (Å²) in [7, 11) is 0. The minimum Gasteiger partial charge on any atom is -0.442 e. The first kappa shape index (κ1) is 13.8. The number of hydrogen-bond donors (Lipinski definition) is 2. The van der Waals surface area contributed by atoms with Gasteiger partial charge < -0.3 is 10.5 Å². The molecule has 0 saturated carbocycles. The molecule has 2 rings (SSSR count). The number of ether oxygens (including phenoxy) is 1. The molecule has 0 aliphatic carbocycles. The molecule has 5 nitrogen and oxygen atoms in total. The number of amides is 1. The quantitative estimate of drug-likeness (QED) is 0.905. The molecular weight excluding hydrogens is 262 g/mol. The predicted octanol–water partition coefficient (Wildman–Crippen LogP) is 2.89. The molecule has 0 unspecified atom stereocenters. The Hall–Kier alpha value is -1.66. The molecular formula is C13H17N3O2S. The lowest BCUT2D eigenvalue weighted by Gasteiger charge is -2.22. The lowest BCUT2D eigenvalue weighted by molar-refractivity contribution is 0.0557. The molecule has 0 bridgehead atoms. The Balaban J connectivity index is 2.11. The number of thiazole rings is 1. The normalized spacial score (nSPS) is 11.6. The zero-order valence-corrected chi connectivity index (χ0v) is 12.0. The van der Waals surface area contributed by atoms with Crippen molar-refractivity contribution in [2.24, 2.45) is 5.73 Å². The Morgan fingerprint density at radius 3 is 2.95 bits per heavy atom. The zero-order chi connectivity index (χ0) is 14.0. The SMILES string of the molecule is Cc1ccc2nc(NC(=O)OC(C)(C)CN)sc2c1. The second-order valence-corrected chi connectivity index (χ2v) is 6.00. The van der Waals surface area contributed by atoms with Crippen molar-refractivity contribution in [2.45, 2.75) is 26.4 Å². The van der Waals surface area contributed by atoms with Gasteiger partial charge in [0, 0.05) is 6.54 Å². The summed E-state index contributed by atoms with van der Waals surface area (Å²) in [4.78, 5) is 16.0. The second-order valence-electron chi connectivity index (χ2n) is 4.97. The number of aromatic nitrogens is 1. The number of benzene rings is 1. The molecule has 0 radical (unpaired) electrons. The second kappa shape index (κ2) is 5.14. The summed E-state index contributed by atoms with van der Waals surface area (Å²) < 4.78 is 6.24. The van der Waals surface area contributed by atoms with Crippen molar-refractivity contribution in [3.05, 3.63) is 23.8 Å². The van der Waals surface area contributed by atoms with Gasteiger partial charge in [-0.1, -0.05) is 17.4 Å². The number of hydrogen-bond acceptors (Lipinski definition) is 5. The molecule has 2 aromatic rings. The van der Waals surface area contributed by atoms with Crippen LogP contribution >= 0.6 is 11.3 Å². The van der Waals surface area contributed by atoms with Gasteiger partial charge in [0.1, 0.15) is 5.60 Å². The lowest BCUT2D eigenvalue weighted by Crippen LogP contribution is -2.37. The summed E-state index contributed by atoms with van der Waals surface area (Å²) in [5.41, 5.74) is 6.85. The van der Waals surface area contributed by atoms with Crippen LogP contribution in [0.15, 0.2) is 18.2 Å². The van der Waals surface area contributed by atoms with Crippen molar-refractivity contribution in [3.8, 4) is 0 Å². The molecule has 0 aliphatic heterocycles. The number of nitrogens with two attached hydrogens (primary N) is 1. The fourth-order valence-corrected chi connectivity index (χ4v) is 2.44. The Morgan fingerprint density at radius 2 is 2.26 bits per heavy atom. The first-order valence-corrected chi connectivity index (χ1v) is 6.78. The van der Waals surface area contributed by atoms with Crippen molar-refractivity contribution >= 4 is 32.8 Å². The third kappa shape index (κ3) is 3.42. The summed E-state index contributed by atoms with van der Waals surface area (Å²) in [5, 5.41) is 3.16. The number of anilines is 1. The molecule has 0 spiro atoms. The van der Waals surface area contributed by atoms with Gasteiger partial charge in [-0.05, 0) is 38.5 Å². The van der Waals surface area contributed by atoms with Crippen molar-refractivity contribution in [2.75, 3.05) is 11.9 Å². The summed E-state index contributed by atoms with van der Waals surface area (Å²) in [5.74, 6) is 0. The van der Waals surface area contributed by atoms with Gasteiger partial charge in [-0.25, -0.2) is 9.78 Å². The molecule has 6 heteroatoms. The van der Waals surface area contributed by atoms with Gasteiger partial charge in [-0.15, -0.1) is 0 Å². The smallest absolute Gasteiger partial charge is 0.414 e. The van der Waals surface area contributed by atoms with Gasteiger partial charge in [-0.2, -0.15) is 0 Å². The number of aryl methyl sites for hydroxylation is 1. The van der Waals surface area contributed by atoms with E-state index in [9.17, 15) is 4.79 Å². The summed E-state index contributed by atoms with van der Waals surface area (Å²) >= 11 is 1.42. The van der Waals surface area contributed by atoms with E-state index >= 15 is 0 Å².